The van der Waals surface area contributed by atoms with Gasteiger partial charge in [-0.05, 0) is 177 Å². The Kier molecular flexibility index (Phi) is 14.9. The summed E-state index contributed by atoms with van der Waals surface area (Å²) < 4.78 is 56.5. The van der Waals surface area contributed by atoms with E-state index in [2.05, 4.69) is 0 Å². The highest BCUT2D eigenvalue weighted by atomic mass is 16.6. The number of rotatable bonds is 14. The number of benzene rings is 8. The van der Waals surface area contributed by atoms with Crippen LogP contribution in [0.1, 0.15) is 69.1 Å². The van der Waals surface area contributed by atoms with Gasteiger partial charge in [-0.25, -0.2) is 28.8 Å². The van der Waals surface area contributed by atoms with Crippen molar-refractivity contribution < 1.29 is 76.1 Å². The molecule has 374 valence electrons. The molecule has 8 aromatic rings. The molecule has 0 saturated heterocycles. The van der Waals surface area contributed by atoms with Crippen molar-refractivity contribution in [2.24, 2.45) is 0 Å². The van der Waals surface area contributed by atoms with Crippen LogP contribution in [0.2, 0.25) is 0 Å². The number of carbonyl (C=O) groups excluding carboxylic acids is 6. The summed E-state index contributed by atoms with van der Waals surface area (Å²) in [6, 6.07) is 45.7. The predicted octanol–water partition coefficient (Wildman–Crippen LogP) is 10.8. The molecule has 1 aliphatic rings. The van der Waals surface area contributed by atoms with E-state index in [4.69, 9.17) is 47.4 Å². The van der Waals surface area contributed by atoms with Crippen LogP contribution in [0, 0.1) is 0 Å². The summed E-state index contributed by atoms with van der Waals surface area (Å²) in [5, 5.41) is 0. The van der Waals surface area contributed by atoms with E-state index in [1.165, 1.54) is 111 Å². The molecule has 0 spiro atoms. The maximum atomic E-state index is 13.8. The molecule has 1 heterocycles. The predicted molar refractivity (Wildman–Crippen MR) is 269 cm³/mol. The normalized spacial score (nSPS) is 12.3. The van der Waals surface area contributed by atoms with Crippen LogP contribution in [-0.4, -0.2) is 62.7 Å². The lowest BCUT2D eigenvalue weighted by molar-refractivity contribution is 0.0716. The Balaban J connectivity index is 0.842. The zero-order valence-electron chi connectivity index (χ0n) is 40.1. The Morgan fingerprint density at radius 3 is 0.920 bits per heavy atom. The lowest BCUT2D eigenvalue weighted by atomic mass is 10.00. The average molecular weight is 1010 g/mol. The molecule has 0 unspecified atom stereocenters. The molecule has 0 fully saturated rings. The van der Waals surface area contributed by atoms with Gasteiger partial charge in [-0.2, -0.15) is 0 Å². The van der Waals surface area contributed by atoms with Gasteiger partial charge in [0.1, 0.15) is 70.2 Å². The molecule has 0 N–H and O–H groups in total. The maximum Gasteiger partial charge on any atom is 0.343 e. The summed E-state index contributed by atoms with van der Waals surface area (Å²) in [5.74, 6) is -1.43. The van der Waals surface area contributed by atoms with Crippen LogP contribution in [0.25, 0.3) is 11.1 Å². The zero-order valence-corrected chi connectivity index (χ0v) is 40.1. The standard InChI is InChI=1S/C59H42O16/c1-35-34-68-48-6-4-8-50(74-58(64)40-18-30-46(31-19-40)72-56(62)38-14-26-44(27-15-38)70-54(60)36-10-22-42(66-2)23-11-36)52(48)53-49(69-35)7-5-9-51(53)75-59(65)41-20-32-47(33-21-41)73-57(63)39-16-28-45(29-17-39)71-55(61)37-12-24-43(67-3)25-13-37/h4-33,35H,34H2,1-3H3/t35-/m1/s1. The first-order valence-corrected chi connectivity index (χ1v) is 23.0. The van der Waals surface area contributed by atoms with Gasteiger partial charge >= 0.3 is 35.8 Å². The summed E-state index contributed by atoms with van der Waals surface area (Å²) in [7, 11) is 3.04. The molecule has 0 saturated carbocycles. The van der Waals surface area contributed by atoms with Gasteiger partial charge in [0.2, 0.25) is 0 Å². The fraction of sp³-hybridized carbons (Fsp3) is 0.0847. The fourth-order valence-corrected chi connectivity index (χ4v) is 7.43. The third-order valence-corrected chi connectivity index (χ3v) is 11.3. The van der Waals surface area contributed by atoms with E-state index >= 15 is 0 Å². The molecule has 0 bridgehead atoms. The van der Waals surface area contributed by atoms with Gasteiger partial charge in [0, 0.05) is 0 Å². The van der Waals surface area contributed by atoms with Crippen LogP contribution >= 0.6 is 0 Å². The van der Waals surface area contributed by atoms with E-state index in [1.54, 1.807) is 84.9 Å². The van der Waals surface area contributed by atoms with Gasteiger partial charge in [0.25, 0.3) is 0 Å². The molecule has 0 radical (unpaired) electrons. The quantitative estimate of drug-likeness (QED) is 0.0736. The Bertz CT molecular complexity index is 3410. The van der Waals surface area contributed by atoms with Gasteiger partial charge in [-0.15, -0.1) is 0 Å². The molecule has 8 aromatic carbocycles. The first-order chi connectivity index (χ1) is 36.4. The van der Waals surface area contributed by atoms with E-state index in [-0.39, 0.29) is 74.5 Å². The van der Waals surface area contributed by atoms with Crippen molar-refractivity contribution in [3.05, 3.63) is 215 Å². The van der Waals surface area contributed by atoms with Gasteiger partial charge in [-0.1, -0.05) is 12.1 Å². The smallest absolute Gasteiger partial charge is 0.343 e. The summed E-state index contributed by atoms with van der Waals surface area (Å²) in [6.07, 6.45) is -0.438. The van der Waals surface area contributed by atoms with E-state index in [0.29, 0.717) is 34.1 Å². The van der Waals surface area contributed by atoms with Gasteiger partial charge in [0.05, 0.1) is 58.7 Å². The highest BCUT2D eigenvalue weighted by molar-refractivity contribution is 5.98. The summed E-state index contributed by atoms with van der Waals surface area (Å²) in [4.78, 5) is 78.7. The van der Waals surface area contributed by atoms with Gasteiger partial charge in [-0.3, -0.25) is 0 Å². The average Bonchev–Trinajstić information content (AvgIpc) is 3.43. The second kappa shape index (κ2) is 22.5. The second-order valence-corrected chi connectivity index (χ2v) is 16.4. The molecular formula is C59H42O16. The van der Waals surface area contributed by atoms with Crippen LogP contribution in [0.4, 0.5) is 0 Å². The van der Waals surface area contributed by atoms with Crippen molar-refractivity contribution in [3.8, 4) is 68.6 Å². The zero-order chi connectivity index (χ0) is 52.4. The lowest BCUT2D eigenvalue weighted by Gasteiger charge is -2.26. The first-order valence-electron chi connectivity index (χ1n) is 23.0. The second-order valence-electron chi connectivity index (χ2n) is 16.4. The van der Waals surface area contributed by atoms with Crippen LogP contribution < -0.4 is 47.4 Å². The molecule has 0 aromatic heterocycles. The van der Waals surface area contributed by atoms with Crippen molar-refractivity contribution >= 4 is 35.8 Å². The first kappa shape index (κ1) is 49.7. The Labute approximate surface area is 428 Å². The Morgan fingerprint density at radius 1 is 0.347 bits per heavy atom. The number of hydrogen-bond acceptors (Lipinski definition) is 16. The number of methoxy groups -OCH3 is 2. The van der Waals surface area contributed by atoms with Crippen molar-refractivity contribution in [2.75, 3.05) is 20.8 Å². The number of carbonyl (C=O) groups is 6. The van der Waals surface area contributed by atoms with Gasteiger partial charge in [0.15, 0.2) is 0 Å². The van der Waals surface area contributed by atoms with Crippen molar-refractivity contribution in [2.45, 2.75) is 13.0 Å². The van der Waals surface area contributed by atoms with E-state index in [1.807, 2.05) is 6.92 Å². The maximum absolute atomic E-state index is 13.8. The van der Waals surface area contributed by atoms with E-state index in [0.717, 1.165) is 0 Å². The lowest BCUT2D eigenvalue weighted by Crippen LogP contribution is -2.23. The summed E-state index contributed by atoms with van der Waals surface area (Å²) >= 11 is 0. The highest BCUT2D eigenvalue weighted by Gasteiger charge is 2.28. The van der Waals surface area contributed by atoms with Crippen LogP contribution in [0.5, 0.6) is 57.5 Å². The minimum absolute atomic E-state index is 0.0592. The van der Waals surface area contributed by atoms with Crippen LogP contribution in [0.3, 0.4) is 0 Å². The van der Waals surface area contributed by atoms with Crippen LogP contribution in [-0.2, 0) is 0 Å². The largest absolute Gasteiger partial charge is 0.497 e. The SMILES string of the molecule is COc1ccc(C(=O)Oc2ccc(C(=O)Oc3ccc(C(=O)Oc4cccc5c4-c4c(OC(=O)c6ccc(OC(=O)c7ccc(OC(=O)c8ccc(OC)cc8)cc7)cc6)cccc4O[C@H](C)CO5)cc3)cc2)cc1. The van der Waals surface area contributed by atoms with E-state index < -0.39 is 41.9 Å². The van der Waals surface area contributed by atoms with Crippen LogP contribution in [0.15, 0.2) is 182 Å². The monoisotopic (exact) mass is 1010 g/mol. The van der Waals surface area contributed by atoms with Crippen molar-refractivity contribution in [1.29, 1.82) is 0 Å². The molecule has 16 heteroatoms. The minimum atomic E-state index is -0.767. The summed E-state index contributed by atoms with van der Waals surface area (Å²) in [5.41, 5.74) is 1.77. The Hall–Kier alpha value is -10.2. The molecule has 1 atom stereocenters. The Morgan fingerprint density at radius 2 is 0.613 bits per heavy atom. The molecule has 1 aliphatic heterocycles. The molecule has 0 amide bonds. The van der Waals surface area contributed by atoms with Gasteiger partial charge < -0.3 is 47.4 Å². The highest BCUT2D eigenvalue weighted by Crippen LogP contribution is 2.49. The molecule has 16 nitrogen and oxygen atoms in total. The number of hydrogen-bond donors (Lipinski definition) is 0. The van der Waals surface area contributed by atoms with E-state index in [9.17, 15) is 28.8 Å². The third kappa shape index (κ3) is 11.9. The fourth-order valence-electron chi connectivity index (χ4n) is 7.43. The summed E-state index contributed by atoms with van der Waals surface area (Å²) in [6.45, 7) is 1.95. The third-order valence-electron chi connectivity index (χ3n) is 11.3. The molecular weight excluding hydrogens is 965 g/mol. The number of ether oxygens (including phenoxy) is 10. The van der Waals surface area contributed by atoms with Crippen molar-refractivity contribution in [1.82, 2.24) is 0 Å². The topological polar surface area (TPSA) is 195 Å². The number of esters is 6. The molecule has 0 aliphatic carbocycles. The minimum Gasteiger partial charge on any atom is -0.497 e. The molecule has 9 rings (SSSR count). The number of fused-ring (bicyclic) bond motifs is 3. The van der Waals surface area contributed by atoms with Crippen molar-refractivity contribution in [3.63, 3.8) is 0 Å². The molecule has 75 heavy (non-hydrogen) atoms.